The predicted molar refractivity (Wildman–Crippen MR) is 106 cm³/mol. The van der Waals surface area contributed by atoms with Gasteiger partial charge in [0.1, 0.15) is 8.07 Å². The Labute approximate surface area is 147 Å². The molecule has 0 amide bonds. The van der Waals surface area contributed by atoms with Gasteiger partial charge in [0.2, 0.25) is 0 Å². The summed E-state index contributed by atoms with van der Waals surface area (Å²) in [6, 6.07) is 2.36. The van der Waals surface area contributed by atoms with Crippen LogP contribution in [0.25, 0.3) is 0 Å². The zero-order valence-electron chi connectivity index (χ0n) is 16.3. The molecule has 0 radical (unpaired) electrons. The standard InChI is InChI=1S/C16H36O4Si3/c1-9-15(21(17-5)18-6)13-23(11-3,12-4)14-16(10-2)22(19-7)20-8/h13-14,21-22H,9-12H2,1-8H3. The molecule has 0 unspecified atom stereocenters. The van der Waals surface area contributed by atoms with Crippen LogP contribution in [0.5, 0.6) is 0 Å². The first-order valence-electron chi connectivity index (χ1n) is 8.55. The average molecular weight is 377 g/mol. The number of hydrogen-bond acceptors (Lipinski definition) is 4. The van der Waals surface area contributed by atoms with Crippen molar-refractivity contribution in [1.29, 1.82) is 0 Å². The molecule has 0 saturated heterocycles. The van der Waals surface area contributed by atoms with Gasteiger partial charge >= 0.3 is 18.6 Å². The maximum Gasteiger partial charge on any atom is 0.350 e. The van der Waals surface area contributed by atoms with Gasteiger partial charge in [-0.2, -0.15) is 0 Å². The van der Waals surface area contributed by atoms with Gasteiger partial charge in [-0.15, -0.1) is 0 Å². The van der Waals surface area contributed by atoms with Crippen LogP contribution < -0.4 is 0 Å². The molecule has 4 nitrogen and oxygen atoms in total. The summed E-state index contributed by atoms with van der Waals surface area (Å²) in [5.41, 5.74) is 5.06. The molecule has 0 fully saturated rings. The van der Waals surface area contributed by atoms with Crippen molar-refractivity contribution in [3.63, 3.8) is 0 Å². The van der Waals surface area contributed by atoms with Crippen LogP contribution in [0.1, 0.15) is 40.5 Å². The fourth-order valence-electron chi connectivity index (χ4n) is 2.91. The summed E-state index contributed by atoms with van der Waals surface area (Å²) in [7, 11) is 1.94. The van der Waals surface area contributed by atoms with E-state index in [-0.39, 0.29) is 0 Å². The van der Waals surface area contributed by atoms with Crippen molar-refractivity contribution in [2.45, 2.75) is 52.6 Å². The van der Waals surface area contributed by atoms with E-state index in [1.165, 1.54) is 22.5 Å². The lowest BCUT2D eigenvalue weighted by Crippen LogP contribution is -2.35. The molecule has 7 heteroatoms. The van der Waals surface area contributed by atoms with Crippen molar-refractivity contribution in [2.24, 2.45) is 0 Å². The van der Waals surface area contributed by atoms with Gasteiger partial charge in [0.05, 0.1) is 0 Å². The first-order valence-corrected chi connectivity index (χ1v) is 14.2. The summed E-state index contributed by atoms with van der Waals surface area (Å²) in [6.07, 6.45) is 2.00. The number of rotatable bonds is 12. The van der Waals surface area contributed by atoms with E-state index in [1.54, 1.807) is 28.4 Å². The smallest absolute Gasteiger partial charge is 0.350 e. The molecule has 0 rings (SSSR count). The Bertz CT molecular complexity index is 342. The van der Waals surface area contributed by atoms with Gasteiger partial charge in [-0.3, -0.25) is 0 Å². The summed E-state index contributed by atoms with van der Waals surface area (Å²) < 4.78 is 22.5. The first kappa shape index (κ1) is 23.0. The van der Waals surface area contributed by atoms with Crippen molar-refractivity contribution in [3.8, 4) is 0 Å². The third kappa shape index (κ3) is 6.77. The lowest BCUT2D eigenvalue weighted by atomic mass is 10.5. The molecule has 0 saturated carbocycles. The Morgan fingerprint density at radius 1 is 0.696 bits per heavy atom. The zero-order valence-corrected chi connectivity index (χ0v) is 19.6. The highest BCUT2D eigenvalue weighted by Gasteiger charge is 2.29. The topological polar surface area (TPSA) is 36.9 Å². The fourth-order valence-corrected chi connectivity index (χ4v) is 11.5. The van der Waals surface area contributed by atoms with Gasteiger partial charge in [0.25, 0.3) is 0 Å². The summed E-state index contributed by atoms with van der Waals surface area (Å²) in [5, 5.41) is 2.76. The number of allylic oxidation sites excluding steroid dienone is 2. The largest absolute Gasteiger partial charge is 0.397 e. The second-order valence-corrected chi connectivity index (χ2v) is 14.8. The van der Waals surface area contributed by atoms with E-state index in [0.29, 0.717) is 0 Å². The normalized spacial score (nSPS) is 14.2. The Balaban J connectivity index is 5.88. The first-order chi connectivity index (χ1) is 11.0. The lowest BCUT2D eigenvalue weighted by molar-refractivity contribution is 0.286. The van der Waals surface area contributed by atoms with Crippen molar-refractivity contribution in [1.82, 2.24) is 0 Å². The molecular formula is C16H36O4Si3. The molecule has 0 aliphatic rings. The molecule has 0 heterocycles. The van der Waals surface area contributed by atoms with Crippen LogP contribution in [0.3, 0.4) is 0 Å². The average Bonchev–Trinajstić information content (AvgIpc) is 2.60. The van der Waals surface area contributed by atoms with Crippen molar-refractivity contribution < 1.29 is 17.7 Å². The minimum Gasteiger partial charge on any atom is -0.397 e. The van der Waals surface area contributed by atoms with Gasteiger partial charge in [-0.1, -0.05) is 51.2 Å². The highest BCUT2D eigenvalue weighted by Crippen LogP contribution is 2.26. The zero-order chi connectivity index (χ0) is 17.9. The molecule has 0 aliphatic carbocycles. The summed E-state index contributed by atoms with van der Waals surface area (Å²) in [4.78, 5) is 0. The highest BCUT2D eigenvalue weighted by molar-refractivity contribution is 6.90. The molecule has 0 bridgehead atoms. The Hall–Kier alpha value is -0.0294. The van der Waals surface area contributed by atoms with Gasteiger partial charge in [-0.05, 0) is 23.2 Å². The summed E-state index contributed by atoms with van der Waals surface area (Å²) in [6.45, 7) is 8.99. The summed E-state index contributed by atoms with van der Waals surface area (Å²) in [5.74, 6) is 0. The molecule has 0 aromatic heterocycles. The molecular weight excluding hydrogens is 340 g/mol. The molecule has 0 aliphatic heterocycles. The Kier molecular flexibility index (Phi) is 12.3. The van der Waals surface area contributed by atoms with E-state index in [4.69, 9.17) is 17.7 Å². The third-order valence-corrected chi connectivity index (χ3v) is 13.8. The second kappa shape index (κ2) is 12.3. The number of hydrogen-bond donors (Lipinski definition) is 0. The van der Waals surface area contributed by atoms with E-state index in [2.05, 4.69) is 39.1 Å². The van der Waals surface area contributed by atoms with Crippen LogP contribution in [-0.2, 0) is 17.7 Å². The Morgan fingerprint density at radius 3 is 1.17 bits per heavy atom. The Morgan fingerprint density at radius 2 is 1.00 bits per heavy atom. The quantitative estimate of drug-likeness (QED) is 0.490. The van der Waals surface area contributed by atoms with Crippen LogP contribution in [0.2, 0.25) is 12.1 Å². The van der Waals surface area contributed by atoms with Crippen LogP contribution in [0.4, 0.5) is 0 Å². The van der Waals surface area contributed by atoms with Crippen LogP contribution in [0.15, 0.2) is 21.8 Å². The van der Waals surface area contributed by atoms with E-state index < -0.39 is 26.6 Å². The molecule has 0 aromatic carbocycles. The van der Waals surface area contributed by atoms with Gasteiger partial charge < -0.3 is 17.7 Å². The molecule has 23 heavy (non-hydrogen) atoms. The van der Waals surface area contributed by atoms with E-state index in [1.807, 2.05) is 0 Å². The maximum atomic E-state index is 5.62. The van der Waals surface area contributed by atoms with E-state index >= 15 is 0 Å². The maximum absolute atomic E-state index is 5.62. The van der Waals surface area contributed by atoms with E-state index in [0.717, 1.165) is 12.8 Å². The van der Waals surface area contributed by atoms with Crippen molar-refractivity contribution >= 4 is 26.6 Å². The van der Waals surface area contributed by atoms with Crippen molar-refractivity contribution in [2.75, 3.05) is 28.4 Å². The molecule has 0 atom stereocenters. The highest BCUT2D eigenvalue weighted by atomic mass is 28.3. The minimum atomic E-state index is -1.71. The van der Waals surface area contributed by atoms with Crippen LogP contribution in [-0.4, -0.2) is 55.1 Å². The van der Waals surface area contributed by atoms with Crippen LogP contribution >= 0.6 is 0 Å². The molecule has 0 spiro atoms. The van der Waals surface area contributed by atoms with Crippen LogP contribution in [0, 0.1) is 0 Å². The summed E-state index contributed by atoms with van der Waals surface area (Å²) >= 11 is 0. The van der Waals surface area contributed by atoms with Crippen molar-refractivity contribution in [3.05, 3.63) is 21.8 Å². The monoisotopic (exact) mass is 376 g/mol. The molecule has 0 aromatic rings. The van der Waals surface area contributed by atoms with Gasteiger partial charge in [0.15, 0.2) is 0 Å². The van der Waals surface area contributed by atoms with Gasteiger partial charge in [0, 0.05) is 28.4 Å². The minimum absolute atomic E-state index is 0.998. The molecule has 136 valence electrons. The predicted octanol–water partition coefficient (Wildman–Crippen LogP) is 3.33. The SMILES string of the molecule is CCC(=C[Si](C=C(CC)[SiH](OC)OC)(CC)CC)[SiH](OC)OC. The van der Waals surface area contributed by atoms with E-state index in [9.17, 15) is 0 Å². The second-order valence-electron chi connectivity index (χ2n) is 5.69. The fraction of sp³-hybridized carbons (Fsp3) is 0.750. The van der Waals surface area contributed by atoms with Gasteiger partial charge in [-0.25, -0.2) is 0 Å². The molecule has 0 N–H and O–H groups in total. The lowest BCUT2D eigenvalue weighted by Gasteiger charge is -2.27. The third-order valence-electron chi connectivity index (χ3n) is 4.54.